The summed E-state index contributed by atoms with van der Waals surface area (Å²) in [7, 11) is 0. The van der Waals surface area contributed by atoms with Gasteiger partial charge in [-0.05, 0) is 31.0 Å². The number of aromatic amines is 1. The summed E-state index contributed by atoms with van der Waals surface area (Å²) in [4.78, 5) is 3.15. The van der Waals surface area contributed by atoms with Crippen LogP contribution in [0.2, 0.25) is 10.0 Å². The summed E-state index contributed by atoms with van der Waals surface area (Å²) in [6, 6.07) is 3.82. The summed E-state index contributed by atoms with van der Waals surface area (Å²) >= 11 is 12.0. The fourth-order valence-corrected chi connectivity index (χ4v) is 2.07. The Morgan fingerprint density at radius 2 is 2.07 bits per heavy atom. The van der Waals surface area contributed by atoms with Crippen LogP contribution in [-0.4, -0.2) is 11.5 Å². The molecule has 0 saturated carbocycles. The number of benzene rings is 1. The monoisotopic (exact) mass is 242 g/mol. The van der Waals surface area contributed by atoms with Crippen LogP contribution < -0.4 is 5.73 Å². The lowest BCUT2D eigenvalue weighted by molar-refractivity contribution is 0.837. The van der Waals surface area contributed by atoms with Crippen molar-refractivity contribution < 1.29 is 0 Å². The molecule has 0 spiro atoms. The molecule has 0 atom stereocenters. The molecule has 80 valence electrons. The van der Waals surface area contributed by atoms with E-state index in [-0.39, 0.29) is 0 Å². The Balaban J connectivity index is 2.47. The van der Waals surface area contributed by atoms with Gasteiger partial charge in [0.2, 0.25) is 0 Å². The number of hydrogen-bond acceptors (Lipinski definition) is 1. The molecule has 1 aromatic heterocycles. The molecule has 0 saturated heterocycles. The van der Waals surface area contributed by atoms with Crippen LogP contribution in [0.15, 0.2) is 18.3 Å². The van der Waals surface area contributed by atoms with Gasteiger partial charge in [0.1, 0.15) is 0 Å². The topological polar surface area (TPSA) is 41.8 Å². The van der Waals surface area contributed by atoms with Gasteiger partial charge in [0.15, 0.2) is 0 Å². The van der Waals surface area contributed by atoms with Crippen LogP contribution in [0.5, 0.6) is 0 Å². The number of halogens is 2. The highest BCUT2D eigenvalue weighted by Crippen LogP contribution is 2.31. The van der Waals surface area contributed by atoms with Crippen LogP contribution in [0.1, 0.15) is 12.0 Å². The first-order valence-corrected chi connectivity index (χ1v) is 5.63. The van der Waals surface area contributed by atoms with Gasteiger partial charge in [-0.25, -0.2) is 0 Å². The van der Waals surface area contributed by atoms with Crippen molar-refractivity contribution in [3.63, 3.8) is 0 Å². The molecule has 1 aromatic carbocycles. The van der Waals surface area contributed by atoms with Gasteiger partial charge in [-0.15, -0.1) is 0 Å². The molecule has 2 aromatic rings. The number of hydrogen-bond donors (Lipinski definition) is 2. The van der Waals surface area contributed by atoms with E-state index in [1.165, 1.54) is 5.56 Å². The van der Waals surface area contributed by atoms with Crippen molar-refractivity contribution in [1.82, 2.24) is 4.98 Å². The molecule has 0 fully saturated rings. The summed E-state index contributed by atoms with van der Waals surface area (Å²) in [6.07, 6.45) is 3.92. The molecule has 2 rings (SSSR count). The number of fused-ring (bicyclic) bond motifs is 1. The van der Waals surface area contributed by atoms with E-state index in [0.29, 0.717) is 16.6 Å². The van der Waals surface area contributed by atoms with Crippen molar-refractivity contribution in [2.45, 2.75) is 12.8 Å². The van der Waals surface area contributed by atoms with Crippen LogP contribution in [-0.2, 0) is 6.42 Å². The molecule has 2 nitrogen and oxygen atoms in total. The summed E-state index contributed by atoms with van der Waals surface area (Å²) in [6.45, 7) is 0.702. The smallest absolute Gasteiger partial charge is 0.0833 e. The van der Waals surface area contributed by atoms with Crippen molar-refractivity contribution in [2.24, 2.45) is 5.73 Å². The first-order chi connectivity index (χ1) is 7.24. The Hall–Kier alpha value is -0.700. The summed E-state index contributed by atoms with van der Waals surface area (Å²) in [5, 5.41) is 2.31. The largest absolute Gasteiger partial charge is 0.360 e. The Labute approximate surface area is 98.4 Å². The van der Waals surface area contributed by atoms with E-state index in [4.69, 9.17) is 28.9 Å². The number of aryl methyl sites for hydroxylation is 1. The van der Waals surface area contributed by atoms with Gasteiger partial charge in [-0.3, -0.25) is 0 Å². The second-order valence-corrected chi connectivity index (χ2v) is 4.28. The molecule has 0 aliphatic heterocycles. The quantitative estimate of drug-likeness (QED) is 0.852. The first-order valence-electron chi connectivity index (χ1n) is 4.88. The molecule has 15 heavy (non-hydrogen) atoms. The number of nitrogens with one attached hydrogen (secondary N) is 1. The van der Waals surface area contributed by atoms with Gasteiger partial charge in [0.05, 0.1) is 15.6 Å². The van der Waals surface area contributed by atoms with Crippen LogP contribution in [0.4, 0.5) is 0 Å². The Morgan fingerprint density at radius 1 is 1.27 bits per heavy atom. The fourth-order valence-electron chi connectivity index (χ4n) is 1.70. The molecule has 0 unspecified atom stereocenters. The number of rotatable bonds is 3. The minimum atomic E-state index is 0.580. The number of nitrogens with two attached hydrogens (primary N) is 1. The molecular formula is C11H12Cl2N2. The van der Waals surface area contributed by atoms with E-state index in [1.54, 1.807) is 0 Å². The second-order valence-electron chi connectivity index (χ2n) is 3.49. The zero-order valence-electron chi connectivity index (χ0n) is 8.19. The maximum absolute atomic E-state index is 6.09. The lowest BCUT2D eigenvalue weighted by atomic mass is 10.1. The van der Waals surface area contributed by atoms with Gasteiger partial charge in [-0.1, -0.05) is 29.3 Å². The molecule has 0 aliphatic rings. The molecule has 0 amide bonds. The average Bonchev–Trinajstić information content (AvgIpc) is 2.64. The predicted octanol–water partition coefficient (Wildman–Crippen LogP) is 3.37. The SMILES string of the molecule is NCCCc1c[nH]c2c(Cl)c(Cl)ccc12. The van der Waals surface area contributed by atoms with E-state index >= 15 is 0 Å². The van der Waals surface area contributed by atoms with Crippen molar-refractivity contribution in [1.29, 1.82) is 0 Å². The highest BCUT2D eigenvalue weighted by molar-refractivity contribution is 6.45. The van der Waals surface area contributed by atoms with Crippen molar-refractivity contribution in [2.75, 3.05) is 6.54 Å². The fraction of sp³-hybridized carbons (Fsp3) is 0.273. The molecule has 3 N–H and O–H groups in total. The normalized spacial score (nSPS) is 11.1. The van der Waals surface area contributed by atoms with E-state index < -0.39 is 0 Å². The zero-order valence-corrected chi connectivity index (χ0v) is 9.70. The lowest BCUT2D eigenvalue weighted by Gasteiger charge is -1.99. The van der Waals surface area contributed by atoms with Crippen molar-refractivity contribution in [3.8, 4) is 0 Å². The van der Waals surface area contributed by atoms with Crippen LogP contribution >= 0.6 is 23.2 Å². The Morgan fingerprint density at radius 3 is 2.80 bits per heavy atom. The highest BCUT2D eigenvalue weighted by Gasteiger charge is 2.08. The molecule has 1 heterocycles. The third-order valence-corrected chi connectivity index (χ3v) is 3.29. The van der Waals surface area contributed by atoms with Crippen LogP contribution in [0.25, 0.3) is 10.9 Å². The van der Waals surface area contributed by atoms with Gasteiger partial charge >= 0.3 is 0 Å². The number of aromatic nitrogens is 1. The van der Waals surface area contributed by atoms with E-state index in [9.17, 15) is 0 Å². The molecule has 0 aliphatic carbocycles. The minimum Gasteiger partial charge on any atom is -0.360 e. The summed E-state index contributed by atoms with van der Waals surface area (Å²) < 4.78 is 0. The Kier molecular flexibility index (Phi) is 3.19. The lowest BCUT2D eigenvalue weighted by Crippen LogP contribution is -1.99. The molecule has 4 heteroatoms. The standard InChI is InChI=1S/C11H12Cl2N2/c12-9-4-3-8-7(2-1-5-14)6-15-11(8)10(9)13/h3-4,6,15H,1-2,5,14H2. The third-order valence-electron chi connectivity index (χ3n) is 2.48. The van der Waals surface area contributed by atoms with Gasteiger partial charge in [0, 0.05) is 11.6 Å². The first kappa shape index (κ1) is 10.8. The van der Waals surface area contributed by atoms with Gasteiger partial charge in [0.25, 0.3) is 0 Å². The highest BCUT2D eigenvalue weighted by atomic mass is 35.5. The van der Waals surface area contributed by atoms with Crippen LogP contribution in [0.3, 0.4) is 0 Å². The average molecular weight is 243 g/mol. The minimum absolute atomic E-state index is 0.580. The maximum atomic E-state index is 6.09. The molecule has 0 radical (unpaired) electrons. The summed E-state index contributed by atoms with van der Waals surface area (Å²) in [5.74, 6) is 0. The van der Waals surface area contributed by atoms with E-state index in [1.807, 2.05) is 18.3 Å². The predicted molar refractivity (Wildman–Crippen MR) is 65.7 cm³/mol. The van der Waals surface area contributed by atoms with Crippen LogP contribution in [0, 0.1) is 0 Å². The van der Waals surface area contributed by atoms with E-state index in [0.717, 1.165) is 23.7 Å². The van der Waals surface area contributed by atoms with Gasteiger partial charge < -0.3 is 10.7 Å². The zero-order chi connectivity index (χ0) is 10.8. The molecule has 0 bridgehead atoms. The van der Waals surface area contributed by atoms with Crippen molar-refractivity contribution >= 4 is 34.1 Å². The maximum Gasteiger partial charge on any atom is 0.0833 e. The third kappa shape index (κ3) is 1.98. The molecular weight excluding hydrogens is 231 g/mol. The van der Waals surface area contributed by atoms with E-state index in [2.05, 4.69) is 4.98 Å². The second kappa shape index (κ2) is 4.44. The van der Waals surface area contributed by atoms with Gasteiger partial charge in [-0.2, -0.15) is 0 Å². The number of H-pyrrole nitrogens is 1. The Bertz CT molecular complexity index is 477. The van der Waals surface area contributed by atoms with Crippen molar-refractivity contribution in [3.05, 3.63) is 33.9 Å². The summed E-state index contributed by atoms with van der Waals surface area (Å²) in [5.41, 5.74) is 7.64.